The number of carbonyl (C=O) groups is 1. The summed E-state index contributed by atoms with van der Waals surface area (Å²) in [4.78, 5) is 37.9. The molecule has 2 heterocycles. The number of anilines is 1. The number of rotatable bonds is 5. The summed E-state index contributed by atoms with van der Waals surface area (Å²) < 4.78 is 41.0. The molecule has 1 amide bonds. The zero-order valence-corrected chi connectivity index (χ0v) is 14.3. The summed E-state index contributed by atoms with van der Waals surface area (Å²) in [7, 11) is 0. The minimum Gasteiger partial charge on any atom is -0.323 e. The smallest absolute Gasteiger partial charge is 0.323 e. The second-order valence-electron chi connectivity index (χ2n) is 5.73. The molecule has 0 unspecified atom stereocenters. The normalized spacial score (nSPS) is 11.3. The van der Waals surface area contributed by atoms with Crippen LogP contribution in [0.1, 0.15) is 5.56 Å². The van der Waals surface area contributed by atoms with Crippen molar-refractivity contribution in [2.24, 2.45) is 0 Å². The van der Waals surface area contributed by atoms with E-state index in [-0.39, 0.29) is 11.4 Å². The summed E-state index contributed by atoms with van der Waals surface area (Å²) >= 11 is 0. The van der Waals surface area contributed by atoms with Gasteiger partial charge < -0.3 is 5.32 Å². The van der Waals surface area contributed by atoms with Gasteiger partial charge in [-0.05, 0) is 18.2 Å². The highest BCUT2D eigenvalue weighted by atomic mass is 19.4. The van der Waals surface area contributed by atoms with Crippen LogP contribution in [0.2, 0.25) is 0 Å². The van der Waals surface area contributed by atoms with Crippen LogP contribution in [-0.2, 0) is 17.5 Å². The maximum Gasteiger partial charge on any atom is 0.416 e. The highest BCUT2D eigenvalue weighted by Gasteiger charge is 2.31. The molecule has 0 bridgehead atoms. The summed E-state index contributed by atoms with van der Waals surface area (Å²) in [6.45, 7) is -0.645. The number of nitrogens with zero attached hydrogens (tertiary/aromatic N) is 5. The Morgan fingerprint density at radius 2 is 2.00 bits per heavy atom. The van der Waals surface area contributed by atoms with Crippen molar-refractivity contribution in [3.8, 4) is 5.69 Å². The molecule has 2 aromatic heterocycles. The van der Waals surface area contributed by atoms with E-state index >= 15 is 0 Å². The topological polar surface area (TPSA) is 125 Å². The fraction of sp³-hybridized carbons (Fsp3) is 0.125. The number of carbonyl (C=O) groups excluding carboxylic acids is 1. The molecule has 0 saturated heterocycles. The third-order valence-electron chi connectivity index (χ3n) is 3.76. The Labute approximate surface area is 159 Å². The Hall–Kier alpha value is -4.03. The van der Waals surface area contributed by atoms with Crippen LogP contribution in [0.5, 0.6) is 0 Å². The van der Waals surface area contributed by atoms with E-state index in [9.17, 15) is 32.9 Å². The van der Waals surface area contributed by atoms with Crippen LogP contribution in [-0.4, -0.2) is 30.2 Å². The van der Waals surface area contributed by atoms with E-state index in [0.717, 1.165) is 46.0 Å². The summed E-state index contributed by atoms with van der Waals surface area (Å²) in [5.41, 5.74) is -2.24. The van der Waals surface area contributed by atoms with Gasteiger partial charge in [0.25, 0.3) is 11.2 Å². The number of pyridine rings is 1. The Kier molecular flexibility index (Phi) is 5.12. The molecule has 1 aromatic carbocycles. The van der Waals surface area contributed by atoms with Gasteiger partial charge in [0.1, 0.15) is 19.2 Å². The van der Waals surface area contributed by atoms with E-state index in [4.69, 9.17) is 0 Å². The average Bonchev–Trinajstić information content (AvgIpc) is 3.17. The fourth-order valence-corrected chi connectivity index (χ4v) is 2.44. The fourth-order valence-electron chi connectivity index (χ4n) is 2.44. The highest BCUT2D eigenvalue weighted by molar-refractivity contribution is 5.92. The molecule has 0 atom stereocenters. The van der Waals surface area contributed by atoms with Crippen molar-refractivity contribution in [3.63, 3.8) is 0 Å². The third-order valence-corrected chi connectivity index (χ3v) is 3.76. The minimum atomic E-state index is -4.66. The van der Waals surface area contributed by atoms with Crippen molar-refractivity contribution >= 4 is 17.3 Å². The van der Waals surface area contributed by atoms with E-state index in [1.54, 1.807) is 0 Å². The lowest BCUT2D eigenvalue weighted by atomic mass is 10.1. The average molecular weight is 408 g/mol. The second-order valence-corrected chi connectivity index (χ2v) is 5.73. The van der Waals surface area contributed by atoms with Gasteiger partial charge >= 0.3 is 6.18 Å². The maximum atomic E-state index is 13.0. The summed E-state index contributed by atoms with van der Waals surface area (Å²) in [5.74, 6) is -0.867. The first-order chi connectivity index (χ1) is 13.6. The van der Waals surface area contributed by atoms with Gasteiger partial charge in [0, 0.05) is 12.1 Å². The van der Waals surface area contributed by atoms with Crippen LogP contribution >= 0.6 is 0 Å². The molecule has 3 aromatic rings. The molecule has 0 spiro atoms. The molecule has 1 N–H and O–H groups in total. The number of nitro groups is 1. The van der Waals surface area contributed by atoms with E-state index in [2.05, 4.69) is 15.4 Å². The number of benzene rings is 1. The lowest BCUT2D eigenvalue weighted by Crippen LogP contribution is -2.27. The first-order valence-electron chi connectivity index (χ1n) is 7.86. The van der Waals surface area contributed by atoms with Crippen LogP contribution in [0.4, 0.5) is 24.5 Å². The second kappa shape index (κ2) is 7.53. The zero-order valence-electron chi connectivity index (χ0n) is 14.3. The molecule has 0 aliphatic rings. The molecule has 150 valence electrons. The highest BCUT2D eigenvalue weighted by Crippen LogP contribution is 2.33. The summed E-state index contributed by atoms with van der Waals surface area (Å²) in [5, 5.41) is 16.9. The molecule has 0 radical (unpaired) electrons. The molecule has 10 nitrogen and oxygen atoms in total. The lowest BCUT2D eigenvalue weighted by molar-refractivity contribution is -0.385. The number of nitrogens with one attached hydrogen (secondary N) is 1. The predicted molar refractivity (Wildman–Crippen MR) is 92.3 cm³/mol. The van der Waals surface area contributed by atoms with Crippen molar-refractivity contribution < 1.29 is 22.9 Å². The van der Waals surface area contributed by atoms with Crippen LogP contribution in [0.15, 0.2) is 54.0 Å². The molecule has 0 aliphatic heterocycles. The lowest BCUT2D eigenvalue weighted by Gasteiger charge is -2.14. The number of aromatic nitrogens is 4. The van der Waals surface area contributed by atoms with Gasteiger partial charge in [-0.1, -0.05) is 0 Å². The first kappa shape index (κ1) is 19.7. The molecule has 0 saturated carbocycles. The van der Waals surface area contributed by atoms with Gasteiger partial charge in [0.05, 0.1) is 28.1 Å². The SMILES string of the molecule is O=C(Cn1cc([N+](=O)[O-])ccc1=O)Nc1cc(C(F)(F)F)ccc1-n1cncn1. The Morgan fingerprint density at radius 3 is 2.62 bits per heavy atom. The van der Waals surface area contributed by atoms with Crippen LogP contribution in [0.25, 0.3) is 5.69 Å². The van der Waals surface area contributed by atoms with Crippen LogP contribution in [0, 0.1) is 10.1 Å². The summed E-state index contributed by atoms with van der Waals surface area (Å²) in [6.07, 6.45) is -1.40. The predicted octanol–water partition coefficient (Wildman–Crippen LogP) is 1.99. The zero-order chi connectivity index (χ0) is 21.2. The molecule has 0 aliphatic carbocycles. The molecule has 3 rings (SSSR count). The quantitative estimate of drug-likeness (QED) is 0.509. The van der Waals surface area contributed by atoms with Gasteiger partial charge in [-0.15, -0.1) is 0 Å². The van der Waals surface area contributed by atoms with Crippen molar-refractivity contribution in [1.29, 1.82) is 0 Å². The van der Waals surface area contributed by atoms with Crippen molar-refractivity contribution in [3.05, 3.63) is 75.2 Å². The Bertz CT molecular complexity index is 1120. The Morgan fingerprint density at radius 1 is 1.24 bits per heavy atom. The van der Waals surface area contributed by atoms with E-state index in [1.165, 1.54) is 6.33 Å². The van der Waals surface area contributed by atoms with E-state index < -0.39 is 40.4 Å². The van der Waals surface area contributed by atoms with E-state index in [1.807, 2.05) is 0 Å². The molecule has 29 heavy (non-hydrogen) atoms. The number of amides is 1. The van der Waals surface area contributed by atoms with Crippen molar-refractivity contribution in [2.75, 3.05) is 5.32 Å². The maximum absolute atomic E-state index is 13.0. The van der Waals surface area contributed by atoms with Gasteiger partial charge in [-0.2, -0.15) is 18.3 Å². The number of halogens is 3. The van der Waals surface area contributed by atoms with Crippen molar-refractivity contribution in [2.45, 2.75) is 12.7 Å². The van der Waals surface area contributed by atoms with Crippen LogP contribution < -0.4 is 10.9 Å². The number of hydrogen-bond acceptors (Lipinski definition) is 6. The molecule has 0 fully saturated rings. The van der Waals surface area contributed by atoms with E-state index in [0.29, 0.717) is 6.07 Å². The standard InChI is InChI=1S/C16H11F3N6O4/c17-16(18,19)10-1-3-13(24-9-20-8-21-24)12(5-10)22-14(26)7-23-6-11(25(28)29)2-4-15(23)27/h1-6,8-9H,7H2,(H,22,26). The Balaban J connectivity index is 1.92. The van der Waals surface area contributed by atoms with Gasteiger partial charge in [0.15, 0.2) is 0 Å². The first-order valence-corrected chi connectivity index (χ1v) is 7.86. The molecular weight excluding hydrogens is 397 g/mol. The van der Waals surface area contributed by atoms with Crippen LogP contribution in [0.3, 0.4) is 0 Å². The van der Waals surface area contributed by atoms with Gasteiger partial charge in [0.2, 0.25) is 5.91 Å². The monoisotopic (exact) mass is 408 g/mol. The minimum absolute atomic E-state index is 0.107. The van der Waals surface area contributed by atoms with Gasteiger partial charge in [-0.25, -0.2) is 9.67 Å². The van der Waals surface area contributed by atoms with Gasteiger partial charge in [-0.3, -0.25) is 24.3 Å². The molecular formula is C16H11F3N6O4. The largest absolute Gasteiger partial charge is 0.416 e. The molecule has 13 heteroatoms. The summed E-state index contributed by atoms with van der Waals surface area (Å²) in [6, 6.07) is 4.53. The van der Waals surface area contributed by atoms with Crippen molar-refractivity contribution in [1.82, 2.24) is 19.3 Å². The third kappa shape index (κ3) is 4.45. The number of alkyl halides is 3. The number of hydrogen-bond donors (Lipinski definition) is 1.